The molecule has 0 amide bonds. The second-order valence-electron chi connectivity index (χ2n) is 5.12. The van der Waals surface area contributed by atoms with E-state index in [2.05, 4.69) is 41.0 Å². The predicted octanol–water partition coefficient (Wildman–Crippen LogP) is 2.20. The van der Waals surface area contributed by atoms with E-state index in [1.54, 1.807) is 0 Å². The molecule has 2 aromatic rings. The summed E-state index contributed by atoms with van der Waals surface area (Å²) in [7, 11) is 0. The number of nitrogens with zero attached hydrogens (tertiary/aromatic N) is 3. The van der Waals surface area contributed by atoms with Crippen LogP contribution in [0.1, 0.15) is 37.2 Å². The topological polar surface area (TPSA) is 68.2 Å². The van der Waals surface area contributed by atoms with E-state index in [1.165, 1.54) is 5.56 Å². The first-order valence-corrected chi connectivity index (χ1v) is 7.57. The van der Waals surface area contributed by atoms with Crippen molar-refractivity contribution in [2.45, 2.75) is 32.7 Å². The third-order valence-electron chi connectivity index (χ3n) is 3.64. The number of benzene rings is 1. The Labute approximate surface area is 126 Å². The fourth-order valence-corrected chi connectivity index (χ4v) is 2.26. The molecule has 0 radical (unpaired) electrons. The lowest BCUT2D eigenvalue weighted by atomic mass is 10.1. The van der Waals surface area contributed by atoms with Gasteiger partial charge in [0.2, 0.25) is 5.89 Å². The van der Waals surface area contributed by atoms with Gasteiger partial charge in [-0.3, -0.25) is 0 Å². The van der Waals surface area contributed by atoms with Gasteiger partial charge in [-0.25, -0.2) is 0 Å². The summed E-state index contributed by atoms with van der Waals surface area (Å²) in [6, 6.07) is 10.1. The van der Waals surface area contributed by atoms with E-state index in [1.807, 2.05) is 18.2 Å². The Hall–Kier alpha value is -1.72. The molecule has 1 atom stereocenters. The Morgan fingerprint density at radius 2 is 1.86 bits per heavy atom. The fourth-order valence-electron chi connectivity index (χ4n) is 2.26. The molecule has 2 N–H and O–H groups in total. The monoisotopic (exact) mass is 288 g/mol. The quantitative estimate of drug-likeness (QED) is 0.806. The number of aryl methyl sites for hydroxylation is 2. The van der Waals surface area contributed by atoms with Crippen molar-refractivity contribution in [1.82, 2.24) is 15.0 Å². The van der Waals surface area contributed by atoms with Crippen molar-refractivity contribution in [3.8, 4) is 0 Å². The summed E-state index contributed by atoms with van der Waals surface area (Å²) in [5.41, 5.74) is 7.41. The van der Waals surface area contributed by atoms with Crippen LogP contribution in [0.4, 0.5) is 0 Å². The highest BCUT2D eigenvalue weighted by Gasteiger charge is 2.16. The lowest BCUT2D eigenvalue weighted by Gasteiger charge is -2.20. The van der Waals surface area contributed by atoms with Crippen LogP contribution in [0.3, 0.4) is 0 Å². The minimum Gasteiger partial charge on any atom is -0.339 e. The van der Waals surface area contributed by atoms with Crippen LogP contribution in [0, 0.1) is 0 Å². The smallest absolute Gasteiger partial charge is 0.227 e. The van der Waals surface area contributed by atoms with E-state index < -0.39 is 0 Å². The van der Waals surface area contributed by atoms with Gasteiger partial charge in [-0.05, 0) is 25.1 Å². The Kier molecular flexibility index (Phi) is 5.90. The molecule has 0 fully saturated rings. The maximum Gasteiger partial charge on any atom is 0.227 e. The van der Waals surface area contributed by atoms with Gasteiger partial charge in [0, 0.05) is 13.0 Å². The van der Waals surface area contributed by atoms with Crippen LogP contribution < -0.4 is 5.73 Å². The van der Waals surface area contributed by atoms with Crippen LogP contribution in [0.5, 0.6) is 0 Å². The van der Waals surface area contributed by atoms with Gasteiger partial charge >= 0.3 is 0 Å². The molecule has 5 nitrogen and oxygen atoms in total. The molecule has 0 aliphatic rings. The zero-order valence-electron chi connectivity index (χ0n) is 12.8. The lowest BCUT2D eigenvalue weighted by Crippen LogP contribution is -2.32. The van der Waals surface area contributed by atoms with Crippen molar-refractivity contribution < 1.29 is 4.52 Å². The average Bonchev–Trinajstić information content (AvgIpc) is 3.00. The summed E-state index contributed by atoms with van der Waals surface area (Å²) in [4.78, 5) is 6.67. The minimum absolute atomic E-state index is 0.195. The number of hydrogen-bond donors (Lipinski definition) is 1. The molecule has 0 aliphatic carbocycles. The second kappa shape index (κ2) is 7.90. The van der Waals surface area contributed by atoms with Crippen LogP contribution in [-0.2, 0) is 12.8 Å². The van der Waals surface area contributed by atoms with Gasteiger partial charge < -0.3 is 15.2 Å². The van der Waals surface area contributed by atoms with Crippen molar-refractivity contribution in [3.05, 3.63) is 47.6 Å². The van der Waals surface area contributed by atoms with E-state index in [0.717, 1.165) is 32.5 Å². The molecule has 1 aromatic heterocycles. The van der Waals surface area contributed by atoms with Crippen LogP contribution in [0.2, 0.25) is 0 Å². The SMILES string of the molecule is CCN(CC)CC(N)c1noc(CCc2ccccc2)n1. The molecule has 0 saturated carbocycles. The molecule has 5 heteroatoms. The Morgan fingerprint density at radius 1 is 1.14 bits per heavy atom. The van der Waals surface area contributed by atoms with E-state index >= 15 is 0 Å². The molecule has 1 unspecified atom stereocenters. The molecule has 0 aliphatic heterocycles. The van der Waals surface area contributed by atoms with Gasteiger partial charge in [0.15, 0.2) is 5.82 Å². The van der Waals surface area contributed by atoms with Crippen molar-refractivity contribution in [2.75, 3.05) is 19.6 Å². The molecule has 1 heterocycles. The Morgan fingerprint density at radius 3 is 2.52 bits per heavy atom. The van der Waals surface area contributed by atoms with Gasteiger partial charge in [-0.2, -0.15) is 4.98 Å². The normalized spacial score (nSPS) is 12.8. The third-order valence-corrected chi connectivity index (χ3v) is 3.64. The average molecular weight is 288 g/mol. The number of likely N-dealkylation sites (N-methyl/N-ethyl adjacent to an activating group) is 1. The first kappa shape index (κ1) is 15.7. The fraction of sp³-hybridized carbons (Fsp3) is 0.500. The van der Waals surface area contributed by atoms with Gasteiger partial charge in [0.25, 0.3) is 0 Å². The van der Waals surface area contributed by atoms with Crippen molar-refractivity contribution in [3.63, 3.8) is 0 Å². The summed E-state index contributed by atoms with van der Waals surface area (Å²) >= 11 is 0. The Bertz CT molecular complexity index is 522. The minimum atomic E-state index is -0.195. The molecule has 21 heavy (non-hydrogen) atoms. The Balaban J connectivity index is 1.88. The van der Waals surface area contributed by atoms with Crippen LogP contribution in [-0.4, -0.2) is 34.7 Å². The summed E-state index contributed by atoms with van der Waals surface area (Å²) in [6.07, 6.45) is 1.64. The highest BCUT2D eigenvalue weighted by molar-refractivity contribution is 5.15. The first-order valence-electron chi connectivity index (χ1n) is 7.57. The van der Waals surface area contributed by atoms with Crippen molar-refractivity contribution in [1.29, 1.82) is 0 Å². The number of nitrogens with two attached hydrogens (primary N) is 1. The first-order chi connectivity index (χ1) is 10.2. The van der Waals surface area contributed by atoms with Gasteiger partial charge in [-0.15, -0.1) is 0 Å². The molecule has 0 bridgehead atoms. The standard InChI is InChI=1S/C16H24N4O/c1-3-20(4-2)12-14(17)16-18-15(21-19-16)11-10-13-8-6-5-7-9-13/h5-9,14H,3-4,10-12,17H2,1-2H3. The van der Waals surface area contributed by atoms with Gasteiger partial charge in [0.05, 0.1) is 6.04 Å². The van der Waals surface area contributed by atoms with Crippen LogP contribution >= 0.6 is 0 Å². The number of hydrogen-bond acceptors (Lipinski definition) is 5. The maximum atomic E-state index is 6.14. The summed E-state index contributed by atoms with van der Waals surface area (Å²) in [5.74, 6) is 1.26. The van der Waals surface area contributed by atoms with Crippen molar-refractivity contribution in [2.24, 2.45) is 5.73 Å². The van der Waals surface area contributed by atoms with E-state index in [0.29, 0.717) is 11.7 Å². The summed E-state index contributed by atoms with van der Waals surface area (Å²) in [6.45, 7) is 6.95. The van der Waals surface area contributed by atoms with E-state index in [4.69, 9.17) is 10.3 Å². The number of rotatable bonds is 8. The number of aromatic nitrogens is 2. The summed E-state index contributed by atoms with van der Waals surface area (Å²) < 4.78 is 5.30. The van der Waals surface area contributed by atoms with Crippen LogP contribution in [0.15, 0.2) is 34.9 Å². The molecular weight excluding hydrogens is 264 g/mol. The molecular formula is C16H24N4O. The second-order valence-corrected chi connectivity index (χ2v) is 5.12. The molecule has 114 valence electrons. The van der Waals surface area contributed by atoms with Crippen LogP contribution in [0.25, 0.3) is 0 Å². The molecule has 1 aromatic carbocycles. The van der Waals surface area contributed by atoms with E-state index in [9.17, 15) is 0 Å². The lowest BCUT2D eigenvalue weighted by molar-refractivity contribution is 0.277. The highest BCUT2D eigenvalue weighted by atomic mass is 16.5. The maximum absolute atomic E-state index is 6.14. The van der Waals surface area contributed by atoms with Gasteiger partial charge in [-0.1, -0.05) is 49.3 Å². The third kappa shape index (κ3) is 4.65. The zero-order valence-corrected chi connectivity index (χ0v) is 12.8. The van der Waals surface area contributed by atoms with E-state index in [-0.39, 0.29) is 6.04 Å². The molecule has 0 spiro atoms. The van der Waals surface area contributed by atoms with Gasteiger partial charge in [0.1, 0.15) is 0 Å². The predicted molar refractivity (Wildman–Crippen MR) is 82.9 cm³/mol. The highest BCUT2D eigenvalue weighted by Crippen LogP contribution is 2.10. The molecule has 0 saturated heterocycles. The molecule has 2 rings (SSSR count). The summed E-state index contributed by atoms with van der Waals surface area (Å²) in [5, 5.41) is 4.01. The van der Waals surface area contributed by atoms with Crippen molar-refractivity contribution >= 4 is 0 Å². The zero-order chi connectivity index (χ0) is 15.1. The largest absolute Gasteiger partial charge is 0.339 e.